The number of aromatic amines is 2. The number of hydrogen-bond donors (Lipinski definition) is 7. The van der Waals surface area contributed by atoms with Gasteiger partial charge in [-0.2, -0.15) is 12.6 Å². The number of thiol groups is 1. The number of benzene rings is 1. The van der Waals surface area contributed by atoms with E-state index in [-0.39, 0.29) is 18.6 Å². The van der Waals surface area contributed by atoms with Crippen molar-refractivity contribution in [3.63, 3.8) is 0 Å². The summed E-state index contributed by atoms with van der Waals surface area (Å²) >= 11 is 4.22. The van der Waals surface area contributed by atoms with E-state index in [1.54, 1.807) is 12.4 Å². The van der Waals surface area contributed by atoms with Gasteiger partial charge in [0.05, 0.1) is 12.4 Å². The van der Waals surface area contributed by atoms with Gasteiger partial charge in [0.15, 0.2) is 0 Å². The number of likely N-dealkylation sites (tertiary alicyclic amines) is 1. The van der Waals surface area contributed by atoms with Gasteiger partial charge in [-0.1, -0.05) is 18.2 Å². The van der Waals surface area contributed by atoms with E-state index in [1.165, 1.54) is 11.2 Å². The van der Waals surface area contributed by atoms with Crippen LogP contribution in [0.5, 0.6) is 0 Å². The maximum Gasteiger partial charge on any atom is 0.326 e. The summed E-state index contributed by atoms with van der Waals surface area (Å²) < 4.78 is 0. The summed E-state index contributed by atoms with van der Waals surface area (Å²) in [5.74, 6) is -2.72. The van der Waals surface area contributed by atoms with Crippen LogP contribution in [0.25, 0.3) is 10.9 Å². The van der Waals surface area contributed by atoms with Gasteiger partial charge in [0.2, 0.25) is 17.7 Å². The smallest absolute Gasteiger partial charge is 0.326 e. The molecule has 2 aromatic heterocycles. The van der Waals surface area contributed by atoms with Crippen molar-refractivity contribution in [1.82, 2.24) is 30.5 Å². The van der Waals surface area contributed by atoms with Gasteiger partial charge in [-0.15, -0.1) is 0 Å². The third-order valence-corrected chi connectivity index (χ3v) is 7.05. The van der Waals surface area contributed by atoms with Gasteiger partial charge in [-0.3, -0.25) is 14.4 Å². The number of carbonyl (C=O) groups excluding carboxylic acids is 3. The molecule has 3 aromatic rings. The Morgan fingerprint density at radius 2 is 1.95 bits per heavy atom. The summed E-state index contributed by atoms with van der Waals surface area (Å²) in [4.78, 5) is 62.3. The van der Waals surface area contributed by atoms with Crippen molar-refractivity contribution in [3.8, 4) is 0 Å². The van der Waals surface area contributed by atoms with Crippen LogP contribution in [0.1, 0.15) is 24.1 Å². The Bertz CT molecular complexity index is 1290. The first-order valence-electron chi connectivity index (χ1n) is 12.3. The summed E-state index contributed by atoms with van der Waals surface area (Å²) in [6.45, 7) is 0.303. The molecule has 0 saturated carbocycles. The third kappa shape index (κ3) is 6.17. The molecule has 4 rings (SSSR count). The fraction of sp³-hybridized carbons (Fsp3) is 0.400. The van der Waals surface area contributed by atoms with Crippen molar-refractivity contribution in [2.75, 3.05) is 12.3 Å². The molecule has 0 aliphatic carbocycles. The van der Waals surface area contributed by atoms with E-state index in [1.807, 2.05) is 24.3 Å². The van der Waals surface area contributed by atoms with E-state index in [0.717, 1.165) is 16.5 Å². The highest BCUT2D eigenvalue weighted by molar-refractivity contribution is 7.80. The number of rotatable bonds is 11. The van der Waals surface area contributed by atoms with Crippen LogP contribution in [0.4, 0.5) is 0 Å². The van der Waals surface area contributed by atoms with Crippen molar-refractivity contribution < 1.29 is 24.3 Å². The molecule has 12 nitrogen and oxygen atoms in total. The molecule has 4 atom stereocenters. The lowest BCUT2D eigenvalue weighted by atomic mass is 10.0. The van der Waals surface area contributed by atoms with E-state index in [4.69, 9.17) is 5.73 Å². The number of para-hydroxylation sites is 1. The molecule has 1 aromatic carbocycles. The average molecular weight is 542 g/mol. The average Bonchev–Trinajstić information content (AvgIpc) is 3.67. The number of carbonyl (C=O) groups is 4. The minimum absolute atomic E-state index is 0.00447. The van der Waals surface area contributed by atoms with Gasteiger partial charge >= 0.3 is 5.97 Å². The maximum absolute atomic E-state index is 13.3. The predicted molar refractivity (Wildman–Crippen MR) is 142 cm³/mol. The van der Waals surface area contributed by atoms with Crippen LogP contribution in [0.3, 0.4) is 0 Å². The lowest BCUT2D eigenvalue weighted by molar-refractivity contribution is -0.144. The zero-order chi connectivity index (χ0) is 27.2. The number of H-pyrrole nitrogens is 2. The van der Waals surface area contributed by atoms with Crippen molar-refractivity contribution in [3.05, 3.63) is 54.2 Å². The number of nitrogens with one attached hydrogen (secondary N) is 4. The monoisotopic (exact) mass is 541 g/mol. The highest BCUT2D eigenvalue weighted by atomic mass is 32.1. The molecular formula is C25H31N7O5S. The summed E-state index contributed by atoms with van der Waals surface area (Å²) in [6.07, 6.45) is 6.00. The molecule has 0 bridgehead atoms. The summed E-state index contributed by atoms with van der Waals surface area (Å²) in [6, 6.07) is 3.56. The highest BCUT2D eigenvalue weighted by Gasteiger charge is 2.39. The number of fused-ring (bicyclic) bond motifs is 1. The highest BCUT2D eigenvalue weighted by Crippen LogP contribution is 2.21. The van der Waals surface area contributed by atoms with E-state index in [2.05, 4.69) is 38.2 Å². The quantitative estimate of drug-likeness (QED) is 0.166. The Balaban J connectivity index is 1.39. The van der Waals surface area contributed by atoms with Crippen LogP contribution < -0.4 is 16.4 Å². The Morgan fingerprint density at radius 1 is 1.16 bits per heavy atom. The van der Waals surface area contributed by atoms with E-state index >= 15 is 0 Å². The molecule has 1 saturated heterocycles. The third-order valence-electron chi connectivity index (χ3n) is 6.68. The van der Waals surface area contributed by atoms with Crippen molar-refractivity contribution >= 4 is 47.2 Å². The van der Waals surface area contributed by atoms with Crippen LogP contribution in [0.15, 0.2) is 43.0 Å². The number of aliphatic carboxylic acids is 1. The van der Waals surface area contributed by atoms with Crippen LogP contribution in [0.2, 0.25) is 0 Å². The molecule has 202 valence electrons. The Labute approximate surface area is 224 Å². The number of nitrogens with two attached hydrogens (primary N) is 1. The number of amides is 3. The Morgan fingerprint density at radius 3 is 2.66 bits per heavy atom. The van der Waals surface area contributed by atoms with Crippen molar-refractivity contribution in [2.45, 2.75) is 49.9 Å². The van der Waals surface area contributed by atoms with Crippen molar-refractivity contribution in [1.29, 1.82) is 0 Å². The fourth-order valence-corrected chi connectivity index (χ4v) is 4.93. The molecule has 3 heterocycles. The number of carboxylic acid groups (broad SMARTS) is 1. The van der Waals surface area contributed by atoms with Gasteiger partial charge in [-0.25, -0.2) is 9.78 Å². The summed E-state index contributed by atoms with van der Waals surface area (Å²) in [5, 5.41) is 15.9. The first kappa shape index (κ1) is 27.2. The molecule has 7 N–H and O–H groups in total. The lowest BCUT2D eigenvalue weighted by Gasteiger charge is -2.29. The summed E-state index contributed by atoms with van der Waals surface area (Å²) in [5.41, 5.74) is 8.29. The van der Waals surface area contributed by atoms with Crippen LogP contribution in [-0.4, -0.2) is 85.1 Å². The second kappa shape index (κ2) is 12.1. The number of hydrogen-bond acceptors (Lipinski definition) is 7. The molecule has 4 unspecified atom stereocenters. The van der Waals surface area contributed by atoms with Gasteiger partial charge in [0.25, 0.3) is 0 Å². The number of imidazole rings is 1. The first-order chi connectivity index (χ1) is 18.3. The largest absolute Gasteiger partial charge is 0.480 e. The van der Waals surface area contributed by atoms with E-state index in [9.17, 15) is 24.3 Å². The Kier molecular flexibility index (Phi) is 8.69. The molecule has 0 radical (unpaired) electrons. The zero-order valence-electron chi connectivity index (χ0n) is 20.6. The summed E-state index contributed by atoms with van der Waals surface area (Å²) in [7, 11) is 0. The zero-order valence-corrected chi connectivity index (χ0v) is 21.5. The van der Waals surface area contributed by atoms with Gasteiger partial charge < -0.3 is 36.3 Å². The van der Waals surface area contributed by atoms with Crippen LogP contribution >= 0.6 is 12.6 Å². The second-order valence-electron chi connectivity index (χ2n) is 9.28. The second-order valence-corrected chi connectivity index (χ2v) is 9.65. The normalized spacial score (nSPS) is 17.6. The van der Waals surface area contributed by atoms with Gasteiger partial charge in [0.1, 0.15) is 18.1 Å². The minimum atomic E-state index is -1.18. The number of carboxylic acids is 1. The van der Waals surface area contributed by atoms with E-state index < -0.39 is 47.9 Å². The number of aromatic nitrogens is 3. The topological polar surface area (TPSA) is 186 Å². The molecule has 1 aliphatic rings. The first-order valence-corrected chi connectivity index (χ1v) is 12.9. The van der Waals surface area contributed by atoms with E-state index in [0.29, 0.717) is 25.1 Å². The van der Waals surface area contributed by atoms with Gasteiger partial charge in [0, 0.05) is 54.1 Å². The van der Waals surface area contributed by atoms with Crippen molar-refractivity contribution in [2.24, 2.45) is 5.73 Å². The molecule has 0 spiro atoms. The lowest BCUT2D eigenvalue weighted by Crippen LogP contribution is -2.57. The maximum atomic E-state index is 13.3. The molecule has 13 heteroatoms. The Hall–Kier alpha value is -3.84. The van der Waals surface area contributed by atoms with Crippen LogP contribution in [0, 0.1) is 0 Å². The van der Waals surface area contributed by atoms with Gasteiger partial charge in [-0.05, 0) is 24.5 Å². The molecule has 1 fully saturated rings. The molecule has 3 amide bonds. The standard InChI is InChI=1S/C25H31N7O5S/c26-17(9-15-11-27-13-29-15)22(33)31-20(12-38)24(35)32-7-3-6-21(32)23(34)30-19(25(36)37)8-14-10-28-18-5-2-1-4-16(14)18/h1-2,4-5,10-11,13,17,19-21,28,38H,3,6-9,12,26H2,(H,27,29)(H,30,34)(H,31,33)(H,36,37). The SMILES string of the molecule is NC(Cc1cnc[nH]1)C(=O)NC(CS)C(=O)N1CCCC1C(=O)NC(Cc1c[nH]c2ccccc12)C(=O)O. The molecule has 38 heavy (non-hydrogen) atoms. The predicted octanol–water partition coefficient (Wildman–Crippen LogP) is -0.0215. The van der Waals surface area contributed by atoms with Crippen LogP contribution in [-0.2, 0) is 32.0 Å². The number of nitrogens with zero attached hydrogens (tertiary/aromatic N) is 2. The molecule has 1 aliphatic heterocycles. The minimum Gasteiger partial charge on any atom is -0.480 e. The fourth-order valence-electron chi connectivity index (χ4n) is 4.68. The molecular weight excluding hydrogens is 510 g/mol.